The third-order valence-corrected chi connectivity index (χ3v) is 28.5. The maximum atomic E-state index is 13.2. The van der Waals surface area contributed by atoms with Crippen LogP contribution < -0.4 is 70.8 Å². The number of fused-ring (bicyclic) bond motifs is 5. The normalized spacial score (nSPS) is 11.5. The lowest BCUT2D eigenvalue weighted by atomic mass is 10.2. The Balaban J connectivity index is 0.000000152. The van der Waals surface area contributed by atoms with E-state index in [2.05, 4.69) is 0 Å². The van der Waals surface area contributed by atoms with Crippen molar-refractivity contribution in [1.82, 2.24) is 0 Å². The molecule has 0 radical (unpaired) electrons. The zero-order chi connectivity index (χ0) is 90.9. The van der Waals surface area contributed by atoms with E-state index in [9.17, 15) is 70.5 Å². The van der Waals surface area contributed by atoms with Crippen molar-refractivity contribution < 1.29 is 111 Å². The summed E-state index contributed by atoms with van der Waals surface area (Å²) in [6.45, 7) is 2.17. The number of ether oxygens (including phenoxy) is 9. The van der Waals surface area contributed by atoms with Crippen LogP contribution in [-0.2, 0) is 49.2 Å². The van der Waals surface area contributed by atoms with E-state index in [0.717, 1.165) is 18.2 Å². The van der Waals surface area contributed by atoms with Crippen LogP contribution in [0.4, 0.5) is 4.39 Å². The number of rotatable bonds is 20. The van der Waals surface area contributed by atoms with Crippen LogP contribution in [-0.4, -0.2) is 106 Å². The van der Waals surface area contributed by atoms with E-state index in [4.69, 9.17) is 123 Å². The first-order chi connectivity index (χ1) is 59.4. The zero-order valence-electron chi connectivity index (χ0n) is 66.1. The van der Waals surface area contributed by atoms with Gasteiger partial charge in [-0.05, 0) is 146 Å². The van der Waals surface area contributed by atoms with Gasteiger partial charge in [-0.2, -0.15) is 0 Å². The molecule has 0 amide bonds. The van der Waals surface area contributed by atoms with Gasteiger partial charge < -0.3 is 64.7 Å². The SMILES string of the molecule is CCOc1cccc2cc(S(=O)(=O)c3ccc(Cl)c(Cl)c3)c(=O)oc12.COc1ccc(OC)c(S(=O)(=O)c2cc3cccc(OC)c3oc2=O)c1.COc1ccc(S(=O)(=O)c2cc3cccc(OC)c3oc2=O)cc1OC.COc1cccc2cc(S(=O)(=O)c3ccc(Cl)c(Cl)c3)c(=O)oc12.COc1cccc2cc(S(=O)(=O)c3ccc(F)c(Cl)c3)c(=O)oc12. The molecular formula is C85H64Cl5FO29S5. The summed E-state index contributed by atoms with van der Waals surface area (Å²) < 4.78 is 214. The van der Waals surface area contributed by atoms with Crippen molar-refractivity contribution >= 4 is 162 Å². The smallest absolute Gasteiger partial charge is 0.355 e. The van der Waals surface area contributed by atoms with Crippen molar-refractivity contribution in [3.05, 3.63) is 295 Å². The molecule has 0 aliphatic heterocycles. The number of halogens is 6. The fourth-order valence-corrected chi connectivity index (χ4v) is 19.6. The largest absolute Gasteiger partial charge is 0.497 e. The second kappa shape index (κ2) is 38.8. The summed E-state index contributed by atoms with van der Waals surface area (Å²) in [4.78, 5) is 58.0. The minimum absolute atomic E-state index is 0.0737. The van der Waals surface area contributed by atoms with Crippen molar-refractivity contribution in [3.63, 3.8) is 0 Å². The number of hydrogen-bond acceptors (Lipinski definition) is 29. The van der Waals surface area contributed by atoms with E-state index >= 15 is 0 Å². The topological polar surface area (TPSA) is 405 Å². The van der Waals surface area contributed by atoms with Gasteiger partial charge in [0.1, 0.15) is 22.2 Å². The summed E-state index contributed by atoms with van der Waals surface area (Å²) in [7, 11) is -9.49. The van der Waals surface area contributed by atoms with E-state index in [0.29, 0.717) is 73.8 Å². The third-order valence-electron chi connectivity index (χ3n) is 18.0. The Hall–Kier alpha value is -12.4. The highest BCUT2D eigenvalue weighted by Gasteiger charge is 2.32. The molecule has 0 bridgehead atoms. The maximum Gasteiger partial charge on any atom is 0.355 e. The number of sulfone groups is 5. The lowest BCUT2D eigenvalue weighted by Crippen LogP contribution is -2.15. The molecule has 0 atom stereocenters. The molecule has 0 aliphatic rings. The second-order valence-corrected chi connectivity index (χ2v) is 37.0. The molecule has 15 rings (SSSR count). The molecule has 0 spiro atoms. The molecule has 0 N–H and O–H groups in total. The molecular weight excluding hydrogens is 1840 g/mol. The molecule has 5 heterocycles. The highest BCUT2D eigenvalue weighted by atomic mass is 35.5. The fourth-order valence-electron chi connectivity index (χ4n) is 11.9. The van der Waals surface area contributed by atoms with Crippen LogP contribution in [0.3, 0.4) is 0 Å². The van der Waals surface area contributed by atoms with Crippen molar-refractivity contribution in [2.24, 2.45) is 0 Å². The Labute approximate surface area is 734 Å². The number of benzene rings is 10. The first-order valence-corrected chi connectivity index (χ1v) is 44.9. The number of para-hydroxylation sites is 5. The Bertz CT molecular complexity index is 7510. The average Bonchev–Trinajstić information content (AvgIpc) is 0.775. The van der Waals surface area contributed by atoms with Gasteiger partial charge in [0.15, 0.2) is 92.6 Å². The average molecular weight is 1910 g/mol. The van der Waals surface area contributed by atoms with Crippen LogP contribution in [0.5, 0.6) is 51.7 Å². The Morgan fingerprint density at radius 2 is 0.544 bits per heavy atom. The molecule has 40 heteroatoms. The van der Waals surface area contributed by atoms with Crippen LogP contribution in [0.15, 0.2) is 307 Å². The Kier molecular flexibility index (Phi) is 28.9. The minimum atomic E-state index is -4.22. The molecule has 0 aliphatic carbocycles. The predicted molar refractivity (Wildman–Crippen MR) is 460 cm³/mol. The molecule has 125 heavy (non-hydrogen) atoms. The molecule has 0 saturated carbocycles. The second-order valence-electron chi connectivity index (χ2n) is 25.4. The molecule has 0 fully saturated rings. The van der Waals surface area contributed by atoms with E-state index in [1.54, 1.807) is 104 Å². The van der Waals surface area contributed by atoms with Crippen LogP contribution >= 0.6 is 58.0 Å². The monoisotopic (exact) mass is 1900 g/mol. The number of methoxy groups -OCH3 is 8. The minimum Gasteiger partial charge on any atom is -0.497 e. The van der Waals surface area contributed by atoms with E-state index in [1.807, 2.05) is 0 Å². The van der Waals surface area contributed by atoms with Crippen LogP contribution in [0.25, 0.3) is 54.8 Å². The molecule has 0 saturated heterocycles. The van der Waals surface area contributed by atoms with Gasteiger partial charge in [-0.1, -0.05) is 119 Å². The highest BCUT2D eigenvalue weighted by Crippen LogP contribution is 2.39. The van der Waals surface area contributed by atoms with E-state index in [-0.39, 0.29) is 89.0 Å². The summed E-state index contributed by atoms with van der Waals surface area (Å²) in [6, 6.07) is 49.7. The van der Waals surface area contributed by atoms with Gasteiger partial charge in [0.2, 0.25) is 49.2 Å². The van der Waals surface area contributed by atoms with E-state index in [1.165, 1.54) is 154 Å². The van der Waals surface area contributed by atoms with Gasteiger partial charge in [-0.15, -0.1) is 0 Å². The molecule has 10 aromatic carbocycles. The Morgan fingerprint density at radius 3 is 0.848 bits per heavy atom. The molecule has 15 aromatic rings. The van der Waals surface area contributed by atoms with Gasteiger partial charge >= 0.3 is 28.1 Å². The van der Waals surface area contributed by atoms with Crippen LogP contribution in [0.2, 0.25) is 25.1 Å². The van der Waals surface area contributed by atoms with Crippen molar-refractivity contribution in [2.75, 3.05) is 63.5 Å². The fraction of sp³-hybridized carbons (Fsp3) is 0.118. The quantitative estimate of drug-likeness (QED) is 0.0505. The number of hydrogen-bond donors (Lipinski definition) is 0. The van der Waals surface area contributed by atoms with Gasteiger partial charge in [0, 0.05) is 39.1 Å². The summed E-state index contributed by atoms with van der Waals surface area (Å²) in [5.41, 5.74) is -4.11. The molecule has 0 unspecified atom stereocenters. The van der Waals surface area contributed by atoms with E-state index < -0.39 is 108 Å². The highest BCUT2D eigenvalue weighted by molar-refractivity contribution is 7.92. The Morgan fingerprint density at radius 1 is 0.264 bits per heavy atom. The first-order valence-electron chi connectivity index (χ1n) is 35.5. The van der Waals surface area contributed by atoms with Crippen molar-refractivity contribution in [2.45, 2.75) is 55.9 Å². The predicted octanol–water partition coefficient (Wildman–Crippen LogP) is 17.0. The van der Waals surface area contributed by atoms with Crippen molar-refractivity contribution in [1.29, 1.82) is 0 Å². The molecule has 5 aromatic heterocycles. The van der Waals surface area contributed by atoms with Gasteiger partial charge in [-0.25, -0.2) is 70.5 Å². The first kappa shape index (κ1) is 93.3. The summed E-state index contributed by atoms with van der Waals surface area (Å²) in [5, 5.41) is 2.31. The third kappa shape index (κ3) is 19.6. The lowest BCUT2D eigenvalue weighted by Gasteiger charge is -2.11. The van der Waals surface area contributed by atoms with Crippen LogP contribution in [0, 0.1) is 5.82 Å². The maximum absolute atomic E-state index is 13.2. The van der Waals surface area contributed by atoms with Gasteiger partial charge in [0.25, 0.3) is 0 Å². The lowest BCUT2D eigenvalue weighted by molar-refractivity contribution is 0.336. The van der Waals surface area contributed by atoms with Gasteiger partial charge in [0.05, 0.1) is 108 Å². The summed E-state index contributed by atoms with van der Waals surface area (Å²) >= 11 is 29.0. The van der Waals surface area contributed by atoms with Gasteiger partial charge in [-0.3, -0.25) is 0 Å². The van der Waals surface area contributed by atoms with Crippen molar-refractivity contribution in [3.8, 4) is 51.7 Å². The molecule has 29 nitrogen and oxygen atoms in total. The summed E-state index contributed by atoms with van der Waals surface area (Å²) in [5.74, 6) is 1.95. The van der Waals surface area contributed by atoms with Crippen LogP contribution in [0.1, 0.15) is 6.92 Å². The zero-order valence-corrected chi connectivity index (χ0v) is 73.9. The summed E-state index contributed by atoms with van der Waals surface area (Å²) in [6.07, 6.45) is 0. The molecule has 650 valence electrons. The standard InChI is InChI=1S/2C18H16O7S.C17H12Cl2O5S.C16H10Cl2O5S.C16H10ClFO5S/c1-22-13-8-7-12(10-15(13)24-3)26(20,21)16-9-11-5-4-6-14(23-2)17(11)25-18(16)19;1-22-12-7-8-13(23-2)15(10-12)26(20,21)16-9-11-5-4-6-14(24-3)17(11)25-18(16)19;1-2-23-14-5-3-4-10-8-15(17(20)24-16(10)14)25(21,22)11-6-7-12(18)13(19)9-11;1-22-13-4-2-3-9-7-14(16(19)23-15(9)13)24(20,21)10-5-6-11(17)12(18)8-10;1-22-13-4-2-3-9-7-14(16(19)23-15(9)13)24(20,21)10-5-6-12(18)11(17)8-10/h2*4-10H,1-3H3;3-9H,2H2,1H3;2*2-8H,1H3.